The van der Waals surface area contributed by atoms with Gasteiger partial charge in [-0.2, -0.15) is 0 Å². The molecule has 1 N–H and O–H groups in total. The van der Waals surface area contributed by atoms with E-state index in [9.17, 15) is 0 Å². The van der Waals surface area contributed by atoms with Gasteiger partial charge in [0, 0.05) is 6.04 Å². The molecule has 90 valence electrons. The van der Waals surface area contributed by atoms with Gasteiger partial charge in [0.15, 0.2) is 0 Å². The monoisotopic (exact) mass is 219 g/mol. The van der Waals surface area contributed by atoms with E-state index < -0.39 is 0 Å². The van der Waals surface area contributed by atoms with Gasteiger partial charge in [0.25, 0.3) is 0 Å². The van der Waals surface area contributed by atoms with Gasteiger partial charge in [-0.3, -0.25) is 0 Å². The van der Waals surface area contributed by atoms with Crippen LogP contribution in [0.4, 0.5) is 0 Å². The van der Waals surface area contributed by atoms with Gasteiger partial charge in [-0.25, -0.2) is 0 Å². The Labute approximate surface area is 100 Å². The van der Waals surface area contributed by atoms with Crippen molar-refractivity contribution in [3.05, 3.63) is 35.9 Å². The van der Waals surface area contributed by atoms with Gasteiger partial charge in [0.05, 0.1) is 0 Å². The van der Waals surface area contributed by atoms with Gasteiger partial charge in [-0.1, -0.05) is 63.9 Å². The van der Waals surface area contributed by atoms with E-state index in [1.165, 1.54) is 24.8 Å². The average Bonchev–Trinajstić information content (AvgIpc) is 2.35. The fourth-order valence-electron chi connectivity index (χ4n) is 2.20. The van der Waals surface area contributed by atoms with Crippen molar-refractivity contribution >= 4 is 0 Å². The van der Waals surface area contributed by atoms with Crippen molar-refractivity contribution in [3.8, 4) is 0 Å². The van der Waals surface area contributed by atoms with E-state index in [0.29, 0.717) is 12.0 Å². The van der Waals surface area contributed by atoms with Gasteiger partial charge < -0.3 is 5.32 Å². The highest BCUT2D eigenvalue weighted by atomic mass is 14.9. The SMILES string of the molecule is CCCCC(NCC)C(C)c1ccccc1. The molecule has 1 aromatic rings. The highest BCUT2D eigenvalue weighted by Crippen LogP contribution is 2.22. The van der Waals surface area contributed by atoms with Gasteiger partial charge in [0.2, 0.25) is 0 Å². The standard InChI is InChI=1S/C15H25N/c1-4-6-12-15(16-5-2)13(3)14-10-8-7-9-11-14/h7-11,13,15-16H,4-6,12H2,1-3H3. The molecule has 0 aliphatic heterocycles. The summed E-state index contributed by atoms with van der Waals surface area (Å²) >= 11 is 0. The molecule has 1 nitrogen and oxygen atoms in total. The molecule has 0 heterocycles. The van der Waals surface area contributed by atoms with Crippen LogP contribution in [-0.2, 0) is 0 Å². The van der Waals surface area contributed by atoms with Crippen LogP contribution >= 0.6 is 0 Å². The topological polar surface area (TPSA) is 12.0 Å². The van der Waals surface area contributed by atoms with Crippen LogP contribution in [0.25, 0.3) is 0 Å². The highest BCUT2D eigenvalue weighted by Gasteiger charge is 2.16. The molecule has 2 atom stereocenters. The smallest absolute Gasteiger partial charge is 0.0133 e. The zero-order valence-electron chi connectivity index (χ0n) is 10.9. The minimum absolute atomic E-state index is 0.604. The first-order valence-electron chi connectivity index (χ1n) is 6.57. The Morgan fingerprint density at radius 3 is 2.38 bits per heavy atom. The minimum atomic E-state index is 0.604. The normalized spacial score (nSPS) is 14.7. The quantitative estimate of drug-likeness (QED) is 0.732. The summed E-state index contributed by atoms with van der Waals surface area (Å²) in [6.07, 6.45) is 3.87. The maximum Gasteiger partial charge on any atom is 0.0133 e. The van der Waals surface area contributed by atoms with Crippen molar-refractivity contribution < 1.29 is 0 Å². The average molecular weight is 219 g/mol. The van der Waals surface area contributed by atoms with Crippen molar-refractivity contribution in [1.82, 2.24) is 5.32 Å². The molecule has 1 aromatic carbocycles. The van der Waals surface area contributed by atoms with Gasteiger partial charge in [-0.05, 0) is 24.4 Å². The largest absolute Gasteiger partial charge is 0.314 e. The number of hydrogen-bond donors (Lipinski definition) is 1. The summed E-state index contributed by atoms with van der Waals surface area (Å²) in [4.78, 5) is 0. The van der Waals surface area contributed by atoms with Crippen LogP contribution in [0.15, 0.2) is 30.3 Å². The highest BCUT2D eigenvalue weighted by molar-refractivity contribution is 5.20. The molecule has 0 spiro atoms. The molecule has 0 saturated heterocycles. The molecule has 0 saturated carbocycles. The molecule has 2 unspecified atom stereocenters. The van der Waals surface area contributed by atoms with Crippen LogP contribution in [0.5, 0.6) is 0 Å². The summed E-state index contributed by atoms with van der Waals surface area (Å²) in [5, 5.41) is 3.62. The summed E-state index contributed by atoms with van der Waals surface area (Å²) in [5.41, 5.74) is 1.45. The Bertz CT molecular complexity index is 268. The first-order chi connectivity index (χ1) is 7.79. The number of rotatable bonds is 7. The predicted octanol–water partition coefficient (Wildman–Crippen LogP) is 3.96. The Balaban J connectivity index is 2.62. The van der Waals surface area contributed by atoms with Crippen molar-refractivity contribution in [2.45, 2.75) is 52.0 Å². The first-order valence-corrected chi connectivity index (χ1v) is 6.57. The molecule has 0 fully saturated rings. The Hall–Kier alpha value is -0.820. The number of nitrogens with one attached hydrogen (secondary N) is 1. The maximum atomic E-state index is 3.62. The summed E-state index contributed by atoms with van der Waals surface area (Å²) in [7, 11) is 0. The molecule has 0 aliphatic rings. The first kappa shape index (κ1) is 13.2. The molecule has 0 bridgehead atoms. The van der Waals surface area contributed by atoms with Crippen molar-refractivity contribution in [2.75, 3.05) is 6.54 Å². The lowest BCUT2D eigenvalue weighted by Crippen LogP contribution is -2.33. The van der Waals surface area contributed by atoms with Gasteiger partial charge in [0.1, 0.15) is 0 Å². The second-order valence-corrected chi connectivity index (χ2v) is 4.51. The predicted molar refractivity (Wildman–Crippen MR) is 71.8 cm³/mol. The van der Waals surface area contributed by atoms with E-state index in [0.717, 1.165) is 6.54 Å². The van der Waals surface area contributed by atoms with Gasteiger partial charge >= 0.3 is 0 Å². The zero-order chi connectivity index (χ0) is 11.8. The molecule has 0 aliphatic carbocycles. The van der Waals surface area contributed by atoms with E-state index in [4.69, 9.17) is 0 Å². The van der Waals surface area contributed by atoms with E-state index in [1.807, 2.05) is 0 Å². The van der Waals surface area contributed by atoms with Crippen LogP contribution in [0.2, 0.25) is 0 Å². The lowest BCUT2D eigenvalue weighted by Gasteiger charge is -2.25. The molecule has 0 radical (unpaired) electrons. The number of hydrogen-bond acceptors (Lipinski definition) is 1. The molecular formula is C15H25N. The number of unbranched alkanes of at least 4 members (excludes halogenated alkanes) is 1. The fourth-order valence-corrected chi connectivity index (χ4v) is 2.20. The third-order valence-corrected chi connectivity index (χ3v) is 3.26. The van der Waals surface area contributed by atoms with Crippen molar-refractivity contribution in [2.24, 2.45) is 0 Å². The summed E-state index contributed by atoms with van der Waals surface area (Å²) < 4.78 is 0. The summed E-state index contributed by atoms with van der Waals surface area (Å²) in [6, 6.07) is 11.4. The minimum Gasteiger partial charge on any atom is -0.314 e. The molecule has 0 aromatic heterocycles. The third-order valence-electron chi connectivity index (χ3n) is 3.26. The number of likely N-dealkylation sites (N-methyl/N-ethyl adjacent to an activating group) is 1. The zero-order valence-corrected chi connectivity index (χ0v) is 10.9. The third kappa shape index (κ3) is 3.97. The van der Waals surface area contributed by atoms with Crippen LogP contribution < -0.4 is 5.32 Å². The van der Waals surface area contributed by atoms with Gasteiger partial charge in [-0.15, -0.1) is 0 Å². The second-order valence-electron chi connectivity index (χ2n) is 4.51. The second kappa shape index (κ2) is 7.45. The van der Waals surface area contributed by atoms with E-state index in [-0.39, 0.29) is 0 Å². The van der Waals surface area contributed by atoms with Crippen LogP contribution in [-0.4, -0.2) is 12.6 Å². The molecule has 1 heteroatoms. The van der Waals surface area contributed by atoms with Crippen molar-refractivity contribution in [3.63, 3.8) is 0 Å². The van der Waals surface area contributed by atoms with Crippen LogP contribution in [0.1, 0.15) is 51.5 Å². The summed E-state index contributed by atoms with van der Waals surface area (Å²) in [5.74, 6) is 0.604. The Morgan fingerprint density at radius 2 is 1.81 bits per heavy atom. The maximum absolute atomic E-state index is 3.62. The fraction of sp³-hybridized carbons (Fsp3) is 0.600. The Kier molecular flexibility index (Phi) is 6.17. The van der Waals surface area contributed by atoms with Crippen LogP contribution in [0, 0.1) is 0 Å². The molecule has 0 amide bonds. The lowest BCUT2D eigenvalue weighted by molar-refractivity contribution is 0.421. The number of benzene rings is 1. The van der Waals surface area contributed by atoms with Crippen molar-refractivity contribution in [1.29, 1.82) is 0 Å². The Morgan fingerprint density at radius 1 is 1.12 bits per heavy atom. The van der Waals surface area contributed by atoms with Crippen LogP contribution in [0.3, 0.4) is 0 Å². The molecular weight excluding hydrogens is 194 g/mol. The lowest BCUT2D eigenvalue weighted by atomic mass is 9.90. The van der Waals surface area contributed by atoms with E-state index >= 15 is 0 Å². The summed E-state index contributed by atoms with van der Waals surface area (Å²) in [6.45, 7) is 7.84. The van der Waals surface area contributed by atoms with E-state index in [2.05, 4.69) is 56.4 Å². The molecule has 1 rings (SSSR count). The van der Waals surface area contributed by atoms with E-state index in [1.54, 1.807) is 0 Å². The molecule has 16 heavy (non-hydrogen) atoms.